The van der Waals surface area contributed by atoms with Crippen molar-refractivity contribution in [2.45, 2.75) is 26.3 Å². The second kappa shape index (κ2) is 7.33. The predicted molar refractivity (Wildman–Crippen MR) is 76.9 cm³/mol. The summed E-state index contributed by atoms with van der Waals surface area (Å²) in [6.07, 6.45) is 0.307. The zero-order valence-corrected chi connectivity index (χ0v) is 12.0. The van der Waals surface area contributed by atoms with Crippen LogP contribution in [-0.4, -0.2) is 35.6 Å². The number of nitriles is 1. The monoisotopic (exact) mass is 270 g/mol. The van der Waals surface area contributed by atoms with Gasteiger partial charge in [0, 0.05) is 24.2 Å². The summed E-state index contributed by atoms with van der Waals surface area (Å²) in [5, 5.41) is 17.4. The highest BCUT2D eigenvalue weighted by atomic mass is 16.2. The van der Waals surface area contributed by atoms with Crippen molar-refractivity contribution < 1.29 is 9.90 Å². The van der Waals surface area contributed by atoms with Crippen LogP contribution in [0.25, 0.3) is 0 Å². The molecule has 0 aliphatic heterocycles. The minimum absolute atomic E-state index is 0.113. The minimum Gasteiger partial charge on any atom is -0.384 e. The van der Waals surface area contributed by atoms with Gasteiger partial charge in [0.15, 0.2) is 0 Å². The molecule has 20 heavy (non-hydrogen) atoms. The molecular weight excluding hydrogens is 252 g/mol. The Hall–Kier alpha value is -2.30. The number of aryl methyl sites for hydroxylation is 1. The van der Waals surface area contributed by atoms with Crippen LogP contribution < -0.4 is 0 Å². The quantitative estimate of drug-likeness (QED) is 0.850. The lowest BCUT2D eigenvalue weighted by atomic mass is 10.0. The smallest absolute Gasteiger partial charge is 0.253 e. The van der Waals surface area contributed by atoms with Crippen molar-refractivity contribution in [2.24, 2.45) is 0 Å². The molecule has 0 heterocycles. The summed E-state index contributed by atoms with van der Waals surface area (Å²) in [5.41, 5.74) is 2.26. The number of nitrogens with zero attached hydrogens (tertiary/aromatic N) is 2. The number of benzene rings is 1. The number of carbonyl (C=O) groups is 1. The van der Waals surface area contributed by atoms with Gasteiger partial charge in [-0.3, -0.25) is 4.79 Å². The molecule has 0 radical (unpaired) electrons. The van der Waals surface area contributed by atoms with Crippen LogP contribution in [0.5, 0.6) is 0 Å². The normalized spacial score (nSPS) is 10.9. The number of amides is 1. The van der Waals surface area contributed by atoms with E-state index in [1.165, 1.54) is 0 Å². The fourth-order valence-electron chi connectivity index (χ4n) is 1.74. The van der Waals surface area contributed by atoms with Crippen molar-refractivity contribution in [1.29, 1.82) is 5.26 Å². The maximum absolute atomic E-state index is 12.3. The fraction of sp³-hybridized carbons (Fsp3) is 0.375. The van der Waals surface area contributed by atoms with Gasteiger partial charge in [0.2, 0.25) is 0 Å². The van der Waals surface area contributed by atoms with E-state index in [1.54, 1.807) is 30.1 Å². The Labute approximate surface area is 119 Å². The molecule has 1 amide bonds. The fourth-order valence-corrected chi connectivity index (χ4v) is 1.74. The average Bonchev–Trinajstić information content (AvgIpc) is 2.44. The van der Waals surface area contributed by atoms with Gasteiger partial charge in [0.1, 0.15) is 6.61 Å². The molecule has 1 aromatic rings. The van der Waals surface area contributed by atoms with E-state index in [0.29, 0.717) is 12.0 Å². The summed E-state index contributed by atoms with van der Waals surface area (Å²) in [4.78, 5) is 13.8. The summed E-state index contributed by atoms with van der Waals surface area (Å²) in [5.74, 6) is 5.31. The third-order valence-corrected chi connectivity index (χ3v) is 3.14. The second-order valence-electron chi connectivity index (χ2n) is 4.62. The third-order valence-electron chi connectivity index (χ3n) is 3.14. The van der Waals surface area contributed by atoms with Crippen LogP contribution in [0.4, 0.5) is 0 Å². The van der Waals surface area contributed by atoms with E-state index < -0.39 is 0 Å². The summed E-state index contributed by atoms with van der Waals surface area (Å²) < 4.78 is 0. The number of rotatable bonds is 3. The summed E-state index contributed by atoms with van der Waals surface area (Å²) >= 11 is 0. The van der Waals surface area contributed by atoms with Crippen molar-refractivity contribution in [2.75, 3.05) is 13.7 Å². The van der Waals surface area contributed by atoms with E-state index in [1.807, 2.05) is 13.8 Å². The molecule has 4 heteroatoms. The number of aliphatic hydroxyl groups excluding tert-OH is 1. The minimum atomic E-state index is -0.186. The zero-order valence-electron chi connectivity index (χ0n) is 12.0. The van der Waals surface area contributed by atoms with Gasteiger partial charge in [-0.05, 0) is 37.6 Å². The molecule has 1 rings (SSSR count). The first kappa shape index (κ1) is 15.8. The maximum Gasteiger partial charge on any atom is 0.253 e. The van der Waals surface area contributed by atoms with E-state index in [-0.39, 0.29) is 18.6 Å². The van der Waals surface area contributed by atoms with E-state index in [0.717, 1.165) is 11.1 Å². The molecule has 0 fully saturated rings. The van der Waals surface area contributed by atoms with Crippen LogP contribution in [0.15, 0.2) is 18.2 Å². The van der Waals surface area contributed by atoms with E-state index >= 15 is 0 Å². The van der Waals surface area contributed by atoms with Crippen molar-refractivity contribution in [1.82, 2.24) is 4.90 Å². The molecule has 1 unspecified atom stereocenters. The van der Waals surface area contributed by atoms with Crippen LogP contribution in [0.1, 0.15) is 34.8 Å². The summed E-state index contributed by atoms with van der Waals surface area (Å²) in [6.45, 7) is 3.53. The van der Waals surface area contributed by atoms with Gasteiger partial charge < -0.3 is 10.0 Å². The van der Waals surface area contributed by atoms with Gasteiger partial charge in [0.05, 0.1) is 12.5 Å². The third kappa shape index (κ3) is 3.85. The topological polar surface area (TPSA) is 64.3 Å². The zero-order chi connectivity index (χ0) is 15.1. The lowest BCUT2D eigenvalue weighted by molar-refractivity contribution is 0.0746. The second-order valence-corrected chi connectivity index (χ2v) is 4.62. The molecule has 0 aromatic heterocycles. The van der Waals surface area contributed by atoms with E-state index in [2.05, 4.69) is 17.9 Å². The highest BCUT2D eigenvalue weighted by Gasteiger charge is 2.17. The molecular formula is C16H18N2O2. The SMILES string of the molecule is Cc1cc(C(=O)N(C)C(C)CC#N)ccc1C#CCO. The van der Waals surface area contributed by atoms with E-state index in [9.17, 15) is 4.79 Å². The molecule has 1 aromatic carbocycles. The van der Waals surface area contributed by atoms with Crippen molar-refractivity contribution in [3.63, 3.8) is 0 Å². The van der Waals surface area contributed by atoms with Gasteiger partial charge >= 0.3 is 0 Å². The van der Waals surface area contributed by atoms with Gasteiger partial charge in [0.25, 0.3) is 5.91 Å². The molecule has 0 spiro atoms. The molecule has 0 aliphatic rings. The van der Waals surface area contributed by atoms with Crippen molar-refractivity contribution >= 4 is 5.91 Å². The summed E-state index contributed by atoms with van der Waals surface area (Å²) in [7, 11) is 1.69. The molecule has 0 saturated heterocycles. The van der Waals surface area contributed by atoms with Crippen LogP contribution >= 0.6 is 0 Å². The molecule has 104 valence electrons. The van der Waals surface area contributed by atoms with Crippen LogP contribution in [0.2, 0.25) is 0 Å². The Morgan fingerprint density at radius 2 is 2.20 bits per heavy atom. The summed E-state index contributed by atoms with van der Waals surface area (Å²) in [6, 6.07) is 7.20. The molecule has 4 nitrogen and oxygen atoms in total. The number of hydrogen-bond donors (Lipinski definition) is 1. The first-order valence-corrected chi connectivity index (χ1v) is 6.35. The van der Waals surface area contributed by atoms with Crippen LogP contribution in [-0.2, 0) is 0 Å². The first-order valence-electron chi connectivity index (χ1n) is 6.35. The predicted octanol–water partition coefficient (Wildman–Crippen LogP) is 1.71. The van der Waals surface area contributed by atoms with Crippen molar-refractivity contribution in [3.05, 3.63) is 34.9 Å². The largest absolute Gasteiger partial charge is 0.384 e. The lowest BCUT2D eigenvalue weighted by Crippen LogP contribution is -2.34. The van der Waals surface area contributed by atoms with Gasteiger partial charge in [-0.25, -0.2) is 0 Å². The Balaban J connectivity index is 2.96. The molecule has 1 atom stereocenters. The maximum atomic E-state index is 12.3. The Bertz CT molecular complexity index is 591. The van der Waals surface area contributed by atoms with Crippen molar-refractivity contribution in [3.8, 4) is 17.9 Å². The van der Waals surface area contributed by atoms with Crippen LogP contribution in [0.3, 0.4) is 0 Å². The molecule has 0 bridgehead atoms. The lowest BCUT2D eigenvalue weighted by Gasteiger charge is -2.23. The number of carbonyl (C=O) groups excluding carboxylic acids is 1. The van der Waals surface area contributed by atoms with Gasteiger partial charge in [-0.2, -0.15) is 5.26 Å². The number of hydrogen-bond acceptors (Lipinski definition) is 3. The highest BCUT2D eigenvalue weighted by molar-refractivity contribution is 5.94. The molecule has 1 N–H and O–H groups in total. The Kier molecular flexibility index (Phi) is 5.77. The molecule has 0 saturated carbocycles. The van der Waals surface area contributed by atoms with Crippen LogP contribution in [0, 0.1) is 30.1 Å². The van der Waals surface area contributed by atoms with E-state index in [4.69, 9.17) is 10.4 Å². The highest BCUT2D eigenvalue weighted by Crippen LogP contribution is 2.13. The molecule has 0 aliphatic carbocycles. The Morgan fingerprint density at radius 3 is 2.75 bits per heavy atom. The standard InChI is InChI=1S/C16H18N2O2/c1-12-11-15(7-6-14(12)5-4-10-19)16(20)18(3)13(2)8-9-17/h6-7,11,13,19H,8,10H2,1-3H3. The van der Waals surface area contributed by atoms with Gasteiger partial charge in [-0.15, -0.1) is 0 Å². The number of aliphatic hydroxyl groups is 1. The first-order chi connectivity index (χ1) is 9.51. The Morgan fingerprint density at radius 1 is 1.50 bits per heavy atom. The average molecular weight is 270 g/mol. The van der Waals surface area contributed by atoms with Gasteiger partial charge in [-0.1, -0.05) is 11.8 Å².